The van der Waals surface area contributed by atoms with Crippen molar-refractivity contribution in [2.45, 2.75) is 33.8 Å². The Morgan fingerprint density at radius 1 is 0.900 bits per heavy atom. The Labute approximate surface area is 243 Å². The Morgan fingerprint density at radius 2 is 1.52 bits per heavy atom. The molecule has 1 aromatic heterocycles. The highest BCUT2D eigenvalue weighted by Crippen LogP contribution is 2.27. The number of carbonyl (C=O) groups excluding carboxylic acids is 2. The van der Waals surface area contributed by atoms with Crippen molar-refractivity contribution in [3.8, 4) is 11.4 Å². The molecule has 0 saturated carbocycles. The molecule has 1 fully saturated rings. The minimum Gasteiger partial charge on any atom is -0.489 e. The van der Waals surface area contributed by atoms with Crippen molar-refractivity contribution in [1.82, 2.24) is 9.88 Å². The maximum absolute atomic E-state index is 13.5. The maximum atomic E-state index is 13.5. The molecule has 1 aliphatic heterocycles. The van der Waals surface area contributed by atoms with E-state index >= 15 is 0 Å². The lowest BCUT2D eigenvalue weighted by molar-refractivity contribution is -0.122. The van der Waals surface area contributed by atoms with Gasteiger partial charge < -0.3 is 9.30 Å². The molecule has 1 aliphatic rings. The summed E-state index contributed by atoms with van der Waals surface area (Å²) in [6, 6.07) is 24.9. The fraction of sp³-hybridized carbons (Fsp3) is 0.156. The first-order valence-corrected chi connectivity index (χ1v) is 13.7. The lowest BCUT2D eigenvalue weighted by Crippen LogP contribution is -2.54. The highest BCUT2D eigenvalue weighted by molar-refractivity contribution is 7.80. The highest BCUT2D eigenvalue weighted by atomic mass is 35.5. The Balaban J connectivity index is 1.38. The number of ether oxygens (including phenoxy) is 1. The largest absolute Gasteiger partial charge is 0.489 e. The smallest absolute Gasteiger partial charge is 0.270 e. The SMILES string of the molecule is CCc1ccc(N2C(=O)/C(=C/c3cc(C)n(-c4ccc(OCc5ccc(Cl)cc5)cc4)c3C)C(=O)NC2=S)cc1. The normalized spacial score (nSPS) is 14.6. The van der Waals surface area contributed by atoms with Crippen LogP contribution in [0, 0.1) is 13.8 Å². The number of carbonyl (C=O) groups is 2. The minimum atomic E-state index is -0.511. The van der Waals surface area contributed by atoms with Gasteiger partial charge >= 0.3 is 0 Å². The molecule has 0 bridgehead atoms. The number of halogens is 1. The van der Waals surface area contributed by atoms with Crippen LogP contribution >= 0.6 is 23.8 Å². The zero-order valence-corrected chi connectivity index (χ0v) is 24.0. The quantitative estimate of drug-likeness (QED) is 0.152. The fourth-order valence-corrected chi connectivity index (χ4v) is 5.10. The molecule has 4 aromatic rings. The maximum Gasteiger partial charge on any atom is 0.270 e. The molecule has 40 heavy (non-hydrogen) atoms. The number of rotatable bonds is 7. The van der Waals surface area contributed by atoms with Crippen LogP contribution in [0.15, 0.2) is 84.4 Å². The summed E-state index contributed by atoms with van der Waals surface area (Å²) in [6.45, 7) is 6.45. The number of nitrogens with one attached hydrogen (secondary N) is 1. The molecule has 6 nitrogen and oxygen atoms in total. The molecule has 2 amide bonds. The van der Waals surface area contributed by atoms with E-state index in [2.05, 4.69) is 16.8 Å². The van der Waals surface area contributed by atoms with E-state index in [0.717, 1.165) is 45.9 Å². The molecule has 8 heteroatoms. The summed E-state index contributed by atoms with van der Waals surface area (Å²) in [7, 11) is 0. The third-order valence-corrected chi connectivity index (χ3v) is 7.42. The number of aromatic nitrogens is 1. The number of amides is 2. The van der Waals surface area contributed by atoms with Gasteiger partial charge in [-0.25, -0.2) is 0 Å². The molecule has 0 spiro atoms. The van der Waals surface area contributed by atoms with Gasteiger partial charge in [-0.2, -0.15) is 0 Å². The Kier molecular flexibility index (Phi) is 7.87. The van der Waals surface area contributed by atoms with Gasteiger partial charge in [0.2, 0.25) is 0 Å². The van der Waals surface area contributed by atoms with E-state index in [1.807, 2.05) is 92.7 Å². The van der Waals surface area contributed by atoms with Crippen LogP contribution in [0.4, 0.5) is 5.69 Å². The van der Waals surface area contributed by atoms with E-state index < -0.39 is 11.8 Å². The number of nitrogens with zero attached hydrogens (tertiary/aromatic N) is 2. The van der Waals surface area contributed by atoms with Gasteiger partial charge in [0.15, 0.2) is 5.11 Å². The number of benzene rings is 3. The van der Waals surface area contributed by atoms with Crippen molar-refractivity contribution < 1.29 is 14.3 Å². The van der Waals surface area contributed by atoms with Crippen LogP contribution in [-0.4, -0.2) is 21.5 Å². The monoisotopic (exact) mass is 569 g/mol. The molecule has 0 atom stereocenters. The molecule has 0 unspecified atom stereocenters. The van der Waals surface area contributed by atoms with Crippen molar-refractivity contribution in [2.75, 3.05) is 4.90 Å². The average molecular weight is 570 g/mol. The summed E-state index contributed by atoms with van der Waals surface area (Å²) in [5, 5.41) is 3.43. The minimum absolute atomic E-state index is 0.0272. The number of hydrogen-bond donors (Lipinski definition) is 1. The second-order valence-electron chi connectivity index (χ2n) is 9.55. The lowest BCUT2D eigenvalue weighted by Gasteiger charge is -2.29. The van der Waals surface area contributed by atoms with Crippen LogP contribution in [0.1, 0.15) is 35.0 Å². The highest BCUT2D eigenvalue weighted by Gasteiger charge is 2.34. The van der Waals surface area contributed by atoms with Crippen molar-refractivity contribution in [2.24, 2.45) is 0 Å². The van der Waals surface area contributed by atoms with Crippen LogP contribution in [0.3, 0.4) is 0 Å². The van der Waals surface area contributed by atoms with Crippen molar-refractivity contribution in [3.05, 3.63) is 118 Å². The van der Waals surface area contributed by atoms with E-state index in [4.69, 9.17) is 28.6 Å². The predicted molar refractivity (Wildman–Crippen MR) is 163 cm³/mol. The summed E-state index contributed by atoms with van der Waals surface area (Å²) >= 11 is 11.3. The van der Waals surface area contributed by atoms with E-state index in [1.54, 1.807) is 6.08 Å². The van der Waals surface area contributed by atoms with Gasteiger partial charge in [-0.3, -0.25) is 19.8 Å². The first-order chi connectivity index (χ1) is 19.2. The van der Waals surface area contributed by atoms with Crippen molar-refractivity contribution in [3.63, 3.8) is 0 Å². The Hall–Kier alpha value is -4.20. The number of aryl methyl sites for hydroxylation is 2. The molecule has 3 aromatic carbocycles. The molecule has 202 valence electrons. The second kappa shape index (κ2) is 11.5. The van der Waals surface area contributed by atoms with Crippen LogP contribution in [0.5, 0.6) is 5.75 Å². The summed E-state index contributed by atoms with van der Waals surface area (Å²) < 4.78 is 8.00. The first kappa shape index (κ1) is 27.4. The summed E-state index contributed by atoms with van der Waals surface area (Å²) in [4.78, 5) is 27.7. The van der Waals surface area contributed by atoms with E-state index in [-0.39, 0.29) is 10.7 Å². The van der Waals surface area contributed by atoms with E-state index in [1.165, 1.54) is 4.90 Å². The zero-order valence-electron chi connectivity index (χ0n) is 22.4. The molecule has 1 saturated heterocycles. The average Bonchev–Trinajstić information content (AvgIpc) is 3.23. The van der Waals surface area contributed by atoms with E-state index in [9.17, 15) is 9.59 Å². The third-order valence-electron chi connectivity index (χ3n) is 6.89. The van der Waals surface area contributed by atoms with Gasteiger partial charge in [0.1, 0.15) is 17.9 Å². The van der Waals surface area contributed by atoms with Crippen molar-refractivity contribution >= 4 is 52.5 Å². The zero-order chi connectivity index (χ0) is 28.4. The Morgan fingerprint density at radius 3 is 2.17 bits per heavy atom. The van der Waals surface area contributed by atoms with Gasteiger partial charge in [-0.05, 0) is 110 Å². The van der Waals surface area contributed by atoms with Crippen LogP contribution in [-0.2, 0) is 22.6 Å². The van der Waals surface area contributed by atoms with Gasteiger partial charge in [-0.15, -0.1) is 0 Å². The van der Waals surface area contributed by atoms with Gasteiger partial charge in [-0.1, -0.05) is 42.8 Å². The molecule has 5 rings (SSSR count). The van der Waals surface area contributed by atoms with Crippen molar-refractivity contribution in [1.29, 1.82) is 0 Å². The first-order valence-electron chi connectivity index (χ1n) is 12.9. The molecule has 0 aliphatic carbocycles. The molecule has 2 heterocycles. The predicted octanol–water partition coefficient (Wildman–Crippen LogP) is 6.72. The standard InChI is InChI=1S/C32H28ClN3O3S/c1-4-22-7-11-27(12-8-22)36-31(38)29(30(37)34-32(36)40)18-24-17-20(2)35(21(24)3)26-13-15-28(16-14-26)39-19-23-5-9-25(33)10-6-23/h5-18H,4,19H2,1-3H3,(H,34,37,40)/b29-18+. The summed E-state index contributed by atoms with van der Waals surface area (Å²) in [5.74, 6) is -0.218. The van der Waals surface area contributed by atoms with Gasteiger partial charge in [0.25, 0.3) is 11.8 Å². The van der Waals surface area contributed by atoms with Crippen LogP contribution < -0.4 is 15.0 Å². The lowest BCUT2D eigenvalue weighted by atomic mass is 10.1. The van der Waals surface area contributed by atoms with Gasteiger partial charge in [0, 0.05) is 22.1 Å². The number of anilines is 1. The molecule has 1 N–H and O–H groups in total. The summed E-state index contributed by atoms with van der Waals surface area (Å²) in [5.41, 5.74) is 6.39. The van der Waals surface area contributed by atoms with Crippen LogP contribution in [0.25, 0.3) is 11.8 Å². The van der Waals surface area contributed by atoms with E-state index in [0.29, 0.717) is 17.3 Å². The molecular weight excluding hydrogens is 542 g/mol. The molecular formula is C32H28ClN3O3S. The Bertz CT molecular complexity index is 1620. The van der Waals surface area contributed by atoms with Gasteiger partial charge in [0.05, 0.1) is 5.69 Å². The summed E-state index contributed by atoms with van der Waals surface area (Å²) in [6.07, 6.45) is 2.52. The topological polar surface area (TPSA) is 63.6 Å². The third kappa shape index (κ3) is 5.57. The number of hydrogen-bond acceptors (Lipinski definition) is 4. The fourth-order valence-electron chi connectivity index (χ4n) is 4.70. The molecule has 0 radical (unpaired) electrons. The second-order valence-corrected chi connectivity index (χ2v) is 10.4. The van der Waals surface area contributed by atoms with Crippen LogP contribution in [0.2, 0.25) is 5.02 Å². The number of thiocarbonyl (C=S) groups is 1.